The molecule has 1 amide bonds. The van der Waals surface area contributed by atoms with E-state index >= 15 is 0 Å². The Kier molecular flexibility index (Phi) is 5.17. The number of nitrogen functional groups attached to an aromatic ring is 1. The molecule has 0 unspecified atom stereocenters. The van der Waals surface area contributed by atoms with Crippen LogP contribution in [0.2, 0.25) is 0 Å². The molecule has 0 aliphatic carbocycles. The van der Waals surface area contributed by atoms with Crippen molar-refractivity contribution in [3.63, 3.8) is 0 Å². The van der Waals surface area contributed by atoms with Crippen LogP contribution < -0.4 is 11.1 Å². The smallest absolute Gasteiger partial charge is 0.224 e. The molecule has 0 radical (unpaired) electrons. The average Bonchev–Trinajstić information content (AvgIpc) is 2.91. The molecule has 0 atom stereocenters. The number of amides is 1. The van der Waals surface area contributed by atoms with E-state index in [1.54, 1.807) is 42.4 Å². The average molecular weight is 294 g/mol. The van der Waals surface area contributed by atoms with Crippen molar-refractivity contribution in [1.82, 2.24) is 9.36 Å². The van der Waals surface area contributed by atoms with Crippen molar-refractivity contribution in [2.45, 2.75) is 17.2 Å². The van der Waals surface area contributed by atoms with E-state index in [4.69, 9.17) is 5.73 Å². The van der Waals surface area contributed by atoms with Gasteiger partial charge in [0.05, 0.1) is 0 Å². The van der Waals surface area contributed by atoms with Crippen LogP contribution in [0.25, 0.3) is 0 Å². The summed E-state index contributed by atoms with van der Waals surface area (Å²) in [6, 6.07) is 7.12. The first-order valence-corrected chi connectivity index (χ1v) is 7.55. The Morgan fingerprint density at radius 2 is 2.16 bits per heavy atom. The van der Waals surface area contributed by atoms with E-state index in [2.05, 4.69) is 14.7 Å². The molecule has 0 spiro atoms. The zero-order valence-corrected chi connectivity index (χ0v) is 11.8. The van der Waals surface area contributed by atoms with Gasteiger partial charge in [0.25, 0.3) is 0 Å². The summed E-state index contributed by atoms with van der Waals surface area (Å²) in [4.78, 5) is 15.7. The summed E-state index contributed by atoms with van der Waals surface area (Å²) in [5.41, 5.74) is 7.04. The lowest BCUT2D eigenvalue weighted by Crippen LogP contribution is -2.11. The van der Waals surface area contributed by atoms with E-state index in [9.17, 15) is 4.79 Å². The highest BCUT2D eigenvalue weighted by atomic mass is 32.2. The molecule has 0 saturated carbocycles. The highest BCUT2D eigenvalue weighted by Crippen LogP contribution is 2.19. The highest BCUT2D eigenvalue weighted by Gasteiger charge is 2.03. The Morgan fingerprint density at radius 3 is 2.84 bits per heavy atom. The summed E-state index contributed by atoms with van der Waals surface area (Å²) in [7, 11) is 0. The van der Waals surface area contributed by atoms with Crippen LogP contribution in [-0.4, -0.2) is 21.0 Å². The minimum atomic E-state index is 0.0163. The molecule has 0 aliphatic rings. The van der Waals surface area contributed by atoms with Gasteiger partial charge < -0.3 is 11.1 Å². The van der Waals surface area contributed by atoms with Gasteiger partial charge in [0, 0.05) is 23.5 Å². The van der Waals surface area contributed by atoms with Gasteiger partial charge in [0.2, 0.25) is 5.91 Å². The third kappa shape index (κ3) is 4.88. The normalized spacial score (nSPS) is 10.3. The molecule has 0 aliphatic heterocycles. The zero-order chi connectivity index (χ0) is 13.5. The van der Waals surface area contributed by atoms with Crippen molar-refractivity contribution in [2.75, 3.05) is 16.8 Å². The largest absolute Gasteiger partial charge is 0.399 e. The Labute approximate surface area is 119 Å². The summed E-state index contributed by atoms with van der Waals surface area (Å²) in [5, 5.41) is 2.83. The van der Waals surface area contributed by atoms with Crippen LogP contribution in [0, 0.1) is 0 Å². The fourth-order valence-corrected chi connectivity index (χ4v) is 2.86. The molecule has 2 rings (SSSR count). The number of anilines is 2. The van der Waals surface area contributed by atoms with Crippen molar-refractivity contribution in [1.29, 1.82) is 0 Å². The second kappa shape index (κ2) is 7.10. The number of thioether (sulfide) groups is 1. The number of carbonyl (C=O) groups excluding carboxylic acids is 1. The van der Waals surface area contributed by atoms with Gasteiger partial charge >= 0.3 is 0 Å². The van der Waals surface area contributed by atoms with Crippen LogP contribution in [0.4, 0.5) is 11.4 Å². The second-order valence-electron chi connectivity index (χ2n) is 3.83. The molecule has 5 nitrogen and oxygen atoms in total. The van der Waals surface area contributed by atoms with Gasteiger partial charge in [-0.05, 0) is 42.2 Å². The van der Waals surface area contributed by atoms with E-state index in [-0.39, 0.29) is 5.91 Å². The van der Waals surface area contributed by atoms with Crippen LogP contribution in [0.15, 0.2) is 34.9 Å². The number of hydrogen-bond acceptors (Lipinski definition) is 6. The first-order valence-electron chi connectivity index (χ1n) is 5.79. The molecule has 0 saturated heterocycles. The van der Waals surface area contributed by atoms with Crippen molar-refractivity contribution in [3.05, 3.63) is 30.6 Å². The number of aromatic nitrogens is 2. The number of rotatable bonds is 6. The van der Waals surface area contributed by atoms with Gasteiger partial charge in [-0.3, -0.25) is 4.79 Å². The first-order chi connectivity index (χ1) is 9.24. The molecule has 3 N–H and O–H groups in total. The van der Waals surface area contributed by atoms with Crippen LogP contribution in [0.5, 0.6) is 0 Å². The number of benzene rings is 1. The summed E-state index contributed by atoms with van der Waals surface area (Å²) in [6.45, 7) is 0. The first kappa shape index (κ1) is 13.8. The minimum Gasteiger partial charge on any atom is -0.399 e. The van der Waals surface area contributed by atoms with E-state index in [1.807, 2.05) is 0 Å². The monoisotopic (exact) mass is 294 g/mol. The van der Waals surface area contributed by atoms with Gasteiger partial charge in [-0.15, -0.1) is 0 Å². The Hall–Kier alpha value is -1.60. The minimum absolute atomic E-state index is 0.0163. The maximum atomic E-state index is 11.7. The van der Waals surface area contributed by atoms with Crippen LogP contribution in [-0.2, 0) is 4.79 Å². The van der Waals surface area contributed by atoms with Gasteiger partial charge in [-0.25, -0.2) is 4.98 Å². The van der Waals surface area contributed by atoms with Gasteiger partial charge in [-0.1, -0.05) is 11.8 Å². The lowest BCUT2D eigenvalue weighted by atomic mass is 10.2. The predicted molar refractivity (Wildman–Crippen MR) is 79.4 cm³/mol. The third-order valence-corrected chi connectivity index (χ3v) is 4.19. The molecule has 1 aromatic carbocycles. The van der Waals surface area contributed by atoms with E-state index in [0.29, 0.717) is 12.1 Å². The Bertz CT molecular complexity index is 513. The topological polar surface area (TPSA) is 80.9 Å². The molecule has 0 fully saturated rings. The second-order valence-corrected chi connectivity index (χ2v) is 5.95. The molecule has 100 valence electrons. The van der Waals surface area contributed by atoms with Crippen molar-refractivity contribution in [2.24, 2.45) is 0 Å². The Balaban J connectivity index is 1.65. The van der Waals surface area contributed by atoms with E-state index in [0.717, 1.165) is 22.2 Å². The SMILES string of the molecule is Nc1ccc(NC(=O)CCCSc2ncns2)cc1. The van der Waals surface area contributed by atoms with Crippen LogP contribution >= 0.6 is 23.3 Å². The molecule has 1 aromatic heterocycles. The maximum Gasteiger partial charge on any atom is 0.224 e. The molecule has 0 bridgehead atoms. The lowest BCUT2D eigenvalue weighted by Gasteiger charge is -2.05. The van der Waals surface area contributed by atoms with Gasteiger partial charge in [0.15, 0.2) is 4.34 Å². The summed E-state index contributed by atoms with van der Waals surface area (Å²) < 4.78 is 4.86. The highest BCUT2D eigenvalue weighted by molar-refractivity contribution is 8.00. The van der Waals surface area contributed by atoms with Gasteiger partial charge in [-0.2, -0.15) is 4.37 Å². The zero-order valence-electron chi connectivity index (χ0n) is 10.2. The number of nitrogens with zero attached hydrogens (tertiary/aromatic N) is 2. The van der Waals surface area contributed by atoms with Crippen LogP contribution in [0.3, 0.4) is 0 Å². The molecule has 19 heavy (non-hydrogen) atoms. The molecule has 2 aromatic rings. The number of carbonyl (C=O) groups is 1. The molecular weight excluding hydrogens is 280 g/mol. The molecule has 1 heterocycles. The number of nitrogens with two attached hydrogens (primary N) is 1. The molecular formula is C12H14N4OS2. The summed E-state index contributed by atoms with van der Waals surface area (Å²) >= 11 is 3.00. The van der Waals surface area contributed by atoms with Crippen LogP contribution in [0.1, 0.15) is 12.8 Å². The fourth-order valence-electron chi connectivity index (χ4n) is 1.41. The maximum absolute atomic E-state index is 11.7. The molecule has 7 heteroatoms. The summed E-state index contributed by atoms with van der Waals surface area (Å²) in [5.74, 6) is 0.882. The van der Waals surface area contributed by atoms with Crippen molar-refractivity contribution in [3.8, 4) is 0 Å². The Morgan fingerprint density at radius 1 is 1.37 bits per heavy atom. The summed E-state index contributed by atoms with van der Waals surface area (Å²) in [6.07, 6.45) is 2.85. The van der Waals surface area contributed by atoms with Gasteiger partial charge in [0.1, 0.15) is 6.33 Å². The van der Waals surface area contributed by atoms with Crippen molar-refractivity contribution < 1.29 is 4.79 Å². The third-order valence-electron chi connectivity index (χ3n) is 2.31. The number of hydrogen-bond donors (Lipinski definition) is 2. The van der Waals surface area contributed by atoms with E-state index in [1.165, 1.54) is 11.5 Å². The fraction of sp³-hybridized carbons (Fsp3) is 0.250. The lowest BCUT2D eigenvalue weighted by molar-refractivity contribution is -0.116. The number of nitrogens with one attached hydrogen (secondary N) is 1. The van der Waals surface area contributed by atoms with Crippen molar-refractivity contribution >= 4 is 40.6 Å². The predicted octanol–water partition coefficient (Wildman–Crippen LogP) is 2.63. The standard InChI is InChI=1S/C12H14N4OS2/c13-9-3-5-10(6-4-9)16-11(17)2-1-7-18-12-14-8-15-19-12/h3-6,8H,1-2,7,13H2,(H,16,17). The van der Waals surface area contributed by atoms with E-state index < -0.39 is 0 Å². The quantitative estimate of drug-likeness (QED) is 0.486.